The highest BCUT2D eigenvalue weighted by Gasteiger charge is 2.13. The van der Waals surface area contributed by atoms with Crippen LogP contribution in [0, 0.1) is 6.92 Å². The molecule has 0 fully saturated rings. The summed E-state index contributed by atoms with van der Waals surface area (Å²) in [7, 11) is 1.85. The van der Waals surface area contributed by atoms with Crippen LogP contribution in [0.1, 0.15) is 5.69 Å². The summed E-state index contributed by atoms with van der Waals surface area (Å²) in [5, 5.41) is 9.35. The fraction of sp³-hybridized carbons (Fsp3) is 0.154. The van der Waals surface area contributed by atoms with Crippen molar-refractivity contribution in [2.75, 3.05) is 5.32 Å². The first-order valence-electron chi connectivity index (χ1n) is 5.93. The fourth-order valence-corrected chi connectivity index (χ4v) is 2.45. The normalized spacial score (nSPS) is 11.0. The second-order valence-corrected chi connectivity index (χ2v) is 5.14. The van der Waals surface area contributed by atoms with Crippen molar-refractivity contribution in [1.82, 2.24) is 19.7 Å². The lowest BCUT2D eigenvalue weighted by Gasteiger charge is -2.09. The predicted molar refractivity (Wildman–Crippen MR) is 80.8 cm³/mol. The van der Waals surface area contributed by atoms with E-state index in [1.807, 2.05) is 26.1 Å². The van der Waals surface area contributed by atoms with E-state index in [9.17, 15) is 0 Å². The number of nitrogens with one attached hydrogen (secondary N) is 1. The maximum absolute atomic E-state index is 6.18. The van der Waals surface area contributed by atoms with Crippen LogP contribution in [0.3, 0.4) is 0 Å². The van der Waals surface area contributed by atoms with E-state index in [1.165, 1.54) is 6.33 Å². The van der Waals surface area contributed by atoms with E-state index in [0.717, 1.165) is 16.7 Å². The molecule has 7 heteroatoms. The van der Waals surface area contributed by atoms with Gasteiger partial charge in [0.1, 0.15) is 12.1 Å². The number of hydrogen-bond donors (Lipinski definition) is 1. The highest BCUT2D eigenvalue weighted by atomic mass is 35.5. The second-order valence-electron chi connectivity index (χ2n) is 4.36. The number of rotatable bonds is 2. The Balaban J connectivity index is 2.14. The van der Waals surface area contributed by atoms with Gasteiger partial charge in [0.2, 0.25) is 0 Å². The molecule has 0 aliphatic heterocycles. The van der Waals surface area contributed by atoms with Gasteiger partial charge in [-0.1, -0.05) is 29.3 Å². The molecular formula is C13H11Cl2N5. The van der Waals surface area contributed by atoms with Gasteiger partial charge >= 0.3 is 0 Å². The highest BCUT2D eigenvalue weighted by molar-refractivity contribution is 6.43. The van der Waals surface area contributed by atoms with E-state index < -0.39 is 0 Å². The fourth-order valence-electron chi connectivity index (χ4n) is 2.10. The zero-order valence-corrected chi connectivity index (χ0v) is 12.4. The molecule has 0 amide bonds. The molecule has 1 N–H and O–H groups in total. The molecule has 2 heterocycles. The van der Waals surface area contributed by atoms with Gasteiger partial charge in [0.05, 0.1) is 26.8 Å². The Bertz CT molecular complexity index is 797. The minimum absolute atomic E-state index is 0.461. The molecule has 102 valence electrons. The molecule has 20 heavy (non-hydrogen) atoms. The summed E-state index contributed by atoms with van der Waals surface area (Å²) in [5.74, 6) is 0.657. The molecule has 1 aromatic carbocycles. The summed E-state index contributed by atoms with van der Waals surface area (Å²) in [6.07, 6.45) is 1.49. The summed E-state index contributed by atoms with van der Waals surface area (Å²) in [6, 6.07) is 5.40. The molecule has 3 rings (SSSR count). The number of aryl methyl sites for hydroxylation is 2. The molecule has 0 saturated carbocycles. The van der Waals surface area contributed by atoms with E-state index in [0.29, 0.717) is 21.6 Å². The highest BCUT2D eigenvalue weighted by Crippen LogP contribution is 2.33. The number of anilines is 2. The Morgan fingerprint density at radius 2 is 2.00 bits per heavy atom. The smallest absolute Gasteiger partial charge is 0.163 e. The number of hydrogen-bond acceptors (Lipinski definition) is 4. The van der Waals surface area contributed by atoms with Crippen LogP contribution in [-0.2, 0) is 7.05 Å². The number of fused-ring (bicyclic) bond motifs is 1. The third kappa shape index (κ3) is 2.09. The molecule has 0 saturated heterocycles. The average molecular weight is 308 g/mol. The van der Waals surface area contributed by atoms with Gasteiger partial charge in [-0.2, -0.15) is 5.10 Å². The van der Waals surface area contributed by atoms with Gasteiger partial charge in [-0.3, -0.25) is 4.68 Å². The van der Waals surface area contributed by atoms with Crippen molar-refractivity contribution < 1.29 is 0 Å². The van der Waals surface area contributed by atoms with E-state index in [2.05, 4.69) is 20.4 Å². The molecule has 0 radical (unpaired) electrons. The van der Waals surface area contributed by atoms with Crippen molar-refractivity contribution in [3.63, 3.8) is 0 Å². The lowest BCUT2D eigenvalue weighted by atomic mass is 10.2. The molecule has 2 aromatic heterocycles. The Kier molecular flexibility index (Phi) is 3.23. The van der Waals surface area contributed by atoms with Gasteiger partial charge in [-0.15, -0.1) is 0 Å². The van der Waals surface area contributed by atoms with Crippen LogP contribution in [-0.4, -0.2) is 19.7 Å². The summed E-state index contributed by atoms with van der Waals surface area (Å²) in [6.45, 7) is 1.91. The summed E-state index contributed by atoms with van der Waals surface area (Å²) in [4.78, 5) is 8.50. The van der Waals surface area contributed by atoms with Gasteiger partial charge in [0.15, 0.2) is 5.65 Å². The minimum Gasteiger partial charge on any atom is -0.338 e. The Morgan fingerprint density at radius 3 is 2.80 bits per heavy atom. The standard InChI is InChI=1S/C13H11Cl2N5/c1-7-10-12(16-6-17-13(10)20(2)19-7)18-9-5-3-4-8(14)11(9)15/h3-6H,1-2H3,(H,16,17,18). The van der Waals surface area contributed by atoms with E-state index in [1.54, 1.807) is 10.7 Å². The van der Waals surface area contributed by atoms with Crippen molar-refractivity contribution in [3.05, 3.63) is 40.3 Å². The summed E-state index contributed by atoms with van der Waals surface area (Å²) < 4.78 is 1.72. The van der Waals surface area contributed by atoms with Gasteiger partial charge in [0.25, 0.3) is 0 Å². The van der Waals surface area contributed by atoms with Crippen LogP contribution in [0.2, 0.25) is 10.0 Å². The van der Waals surface area contributed by atoms with Crippen molar-refractivity contribution in [2.24, 2.45) is 7.05 Å². The van der Waals surface area contributed by atoms with Crippen LogP contribution < -0.4 is 5.32 Å². The third-order valence-electron chi connectivity index (χ3n) is 3.00. The molecule has 5 nitrogen and oxygen atoms in total. The van der Waals surface area contributed by atoms with Crippen molar-refractivity contribution in [3.8, 4) is 0 Å². The first-order valence-corrected chi connectivity index (χ1v) is 6.69. The second kappa shape index (κ2) is 4.92. The molecule has 0 bridgehead atoms. The van der Waals surface area contributed by atoms with Gasteiger partial charge in [-0.25, -0.2) is 9.97 Å². The topological polar surface area (TPSA) is 55.6 Å². The Hall–Kier alpha value is -1.85. The van der Waals surface area contributed by atoms with Gasteiger partial charge in [-0.05, 0) is 19.1 Å². The monoisotopic (exact) mass is 307 g/mol. The first-order chi connectivity index (χ1) is 9.58. The van der Waals surface area contributed by atoms with Crippen molar-refractivity contribution in [1.29, 1.82) is 0 Å². The number of nitrogens with zero attached hydrogens (tertiary/aromatic N) is 4. The number of aromatic nitrogens is 4. The van der Waals surface area contributed by atoms with Crippen LogP contribution in [0.25, 0.3) is 11.0 Å². The summed E-state index contributed by atoms with van der Waals surface area (Å²) in [5.41, 5.74) is 2.31. The largest absolute Gasteiger partial charge is 0.338 e. The predicted octanol–water partition coefficient (Wildman–Crippen LogP) is 3.72. The lowest BCUT2D eigenvalue weighted by Crippen LogP contribution is -1.97. The minimum atomic E-state index is 0.461. The SMILES string of the molecule is Cc1nn(C)c2ncnc(Nc3cccc(Cl)c3Cl)c12. The van der Waals surface area contributed by atoms with Crippen molar-refractivity contribution >= 4 is 45.7 Å². The average Bonchev–Trinajstić information content (AvgIpc) is 2.72. The van der Waals surface area contributed by atoms with Gasteiger partial charge in [0, 0.05) is 7.05 Å². The Morgan fingerprint density at radius 1 is 1.20 bits per heavy atom. The van der Waals surface area contributed by atoms with Crippen LogP contribution in [0.4, 0.5) is 11.5 Å². The third-order valence-corrected chi connectivity index (χ3v) is 3.82. The number of benzene rings is 1. The molecular weight excluding hydrogens is 297 g/mol. The van der Waals surface area contributed by atoms with Crippen LogP contribution in [0.15, 0.2) is 24.5 Å². The molecule has 0 unspecified atom stereocenters. The Labute approximate surface area is 125 Å². The lowest BCUT2D eigenvalue weighted by molar-refractivity contribution is 0.773. The van der Waals surface area contributed by atoms with E-state index in [-0.39, 0.29) is 0 Å². The molecule has 0 aliphatic rings. The molecule has 3 aromatic rings. The quantitative estimate of drug-likeness (QED) is 0.784. The molecule has 0 aliphatic carbocycles. The van der Waals surface area contributed by atoms with E-state index in [4.69, 9.17) is 23.2 Å². The zero-order valence-electron chi connectivity index (χ0n) is 10.9. The van der Waals surface area contributed by atoms with E-state index >= 15 is 0 Å². The summed E-state index contributed by atoms with van der Waals surface area (Å²) >= 11 is 12.2. The van der Waals surface area contributed by atoms with Crippen LogP contribution >= 0.6 is 23.2 Å². The molecule has 0 atom stereocenters. The maximum Gasteiger partial charge on any atom is 0.163 e. The first kappa shape index (κ1) is 13.1. The molecule has 0 spiro atoms. The number of halogens is 2. The zero-order chi connectivity index (χ0) is 14.3. The maximum atomic E-state index is 6.18. The van der Waals surface area contributed by atoms with Crippen molar-refractivity contribution in [2.45, 2.75) is 6.92 Å². The van der Waals surface area contributed by atoms with Gasteiger partial charge < -0.3 is 5.32 Å². The van der Waals surface area contributed by atoms with Crippen LogP contribution in [0.5, 0.6) is 0 Å².